The zero-order valence-electron chi connectivity index (χ0n) is 25.1. The Morgan fingerprint density at radius 1 is 1.14 bits per heavy atom. The predicted octanol–water partition coefficient (Wildman–Crippen LogP) is 6.51. The van der Waals surface area contributed by atoms with Crippen LogP contribution in [0.3, 0.4) is 0 Å². The van der Waals surface area contributed by atoms with E-state index in [1.54, 1.807) is 6.07 Å². The van der Waals surface area contributed by atoms with Gasteiger partial charge in [0.15, 0.2) is 11.5 Å². The number of nitrogens with zero attached hydrogens (tertiary/aromatic N) is 1. The van der Waals surface area contributed by atoms with Crippen LogP contribution in [0.1, 0.15) is 49.1 Å². The summed E-state index contributed by atoms with van der Waals surface area (Å²) in [5.74, 6) is -1.77. The highest BCUT2D eigenvalue weighted by Crippen LogP contribution is 2.48. The number of methoxy groups -OCH3 is 1. The number of ether oxygens (including phenoxy) is 1. The molecule has 1 aliphatic carbocycles. The molecule has 7 nitrogen and oxygen atoms in total. The number of allylic oxidation sites excluding steroid dienone is 2. The first kappa shape index (κ1) is 32.4. The van der Waals surface area contributed by atoms with Gasteiger partial charge in [-0.2, -0.15) is 0 Å². The number of amides is 2. The minimum atomic E-state index is -0.902. The van der Waals surface area contributed by atoms with E-state index in [-0.39, 0.29) is 36.6 Å². The Kier molecular flexibility index (Phi) is 10.3. The number of fused-ring (bicyclic) bond motifs is 1. The molecule has 1 fully saturated rings. The number of halogens is 1. The lowest BCUT2D eigenvalue weighted by Crippen LogP contribution is -2.39. The van der Waals surface area contributed by atoms with E-state index in [0.29, 0.717) is 34.2 Å². The van der Waals surface area contributed by atoms with Gasteiger partial charge in [-0.1, -0.05) is 61.9 Å². The Morgan fingerprint density at radius 3 is 2.52 bits per heavy atom. The molecule has 0 unspecified atom stereocenters. The van der Waals surface area contributed by atoms with E-state index in [9.17, 15) is 24.9 Å². The first-order valence-electron chi connectivity index (χ1n) is 14.9. The summed E-state index contributed by atoms with van der Waals surface area (Å²) in [6, 6.07) is 17.4. The minimum Gasteiger partial charge on any atom is -0.504 e. The molecular formula is C35H38INO6S. The summed E-state index contributed by atoms with van der Waals surface area (Å²) in [7, 11) is 1.52. The zero-order chi connectivity index (χ0) is 31.5. The van der Waals surface area contributed by atoms with Crippen molar-refractivity contribution in [3.63, 3.8) is 0 Å². The van der Waals surface area contributed by atoms with Crippen molar-refractivity contribution in [3.8, 4) is 11.5 Å². The first-order chi connectivity index (χ1) is 21.1. The van der Waals surface area contributed by atoms with Crippen molar-refractivity contribution >= 4 is 57.4 Å². The summed E-state index contributed by atoms with van der Waals surface area (Å²) in [4.78, 5) is 29.5. The van der Waals surface area contributed by atoms with Crippen LogP contribution >= 0.6 is 33.9 Å². The highest BCUT2D eigenvalue weighted by Gasteiger charge is 2.55. The van der Waals surface area contributed by atoms with Crippen LogP contribution in [0.5, 0.6) is 11.5 Å². The van der Waals surface area contributed by atoms with Gasteiger partial charge < -0.3 is 20.1 Å². The summed E-state index contributed by atoms with van der Waals surface area (Å²) in [5.41, 5.74) is 4.51. The Morgan fingerprint density at radius 2 is 1.89 bits per heavy atom. The fourth-order valence-electron chi connectivity index (χ4n) is 6.66. The van der Waals surface area contributed by atoms with E-state index >= 15 is 0 Å². The maximum Gasteiger partial charge on any atom is 0.234 e. The quantitative estimate of drug-likeness (QED) is 0.0900. The molecule has 3 N–H and O–H groups in total. The van der Waals surface area contributed by atoms with Gasteiger partial charge in [-0.3, -0.25) is 14.5 Å². The number of benzene rings is 2. The van der Waals surface area contributed by atoms with Gasteiger partial charge in [0.2, 0.25) is 11.8 Å². The molecule has 9 heteroatoms. The normalized spacial score (nSPS) is 21.3. The third-order valence-corrected chi connectivity index (χ3v) is 10.5. The van der Waals surface area contributed by atoms with E-state index in [1.165, 1.54) is 23.3 Å². The second kappa shape index (κ2) is 14.0. The van der Waals surface area contributed by atoms with Gasteiger partial charge in [-0.25, -0.2) is 0 Å². The van der Waals surface area contributed by atoms with Crippen molar-refractivity contribution < 1.29 is 29.6 Å². The standard InChI is InChI=1S/C35H38INO6S/c1-20(2)25-17-26-32(35(42)37(34(26)41)18-24-10-7-13-44-24)27(19-38)31(25)29(39)12-11-23(22-8-5-4-6-9-22)14-21-15-28(36)33(40)30(16-21)43-3/h4-10,13-16,20,26-27,29,32,38-40H,11-12,17-19H2,1-3H3/b23-14-/t26-,27+,29-,32-/m1/s1. The van der Waals surface area contributed by atoms with Crippen LogP contribution in [0.2, 0.25) is 0 Å². The van der Waals surface area contributed by atoms with Crippen LogP contribution in [0.4, 0.5) is 0 Å². The van der Waals surface area contributed by atoms with Gasteiger partial charge in [0, 0.05) is 10.8 Å². The summed E-state index contributed by atoms with van der Waals surface area (Å²) in [6.45, 7) is 4.00. The number of carbonyl (C=O) groups excluding carboxylic acids is 2. The highest BCUT2D eigenvalue weighted by molar-refractivity contribution is 14.1. The lowest BCUT2D eigenvalue weighted by molar-refractivity contribution is -0.140. The topological polar surface area (TPSA) is 107 Å². The molecule has 1 aromatic heterocycles. The molecule has 232 valence electrons. The second-order valence-corrected chi connectivity index (χ2v) is 13.9. The van der Waals surface area contributed by atoms with Crippen LogP contribution in [0.15, 0.2) is 71.1 Å². The van der Waals surface area contributed by atoms with Gasteiger partial charge >= 0.3 is 0 Å². The van der Waals surface area contributed by atoms with Crippen LogP contribution < -0.4 is 4.74 Å². The molecule has 2 heterocycles. The second-order valence-electron chi connectivity index (χ2n) is 11.7. The Hall–Kier alpha value is -2.99. The number of likely N-dealkylation sites (tertiary alicyclic amines) is 1. The number of rotatable bonds is 11. The Labute approximate surface area is 276 Å². The molecule has 1 aliphatic heterocycles. The molecule has 0 bridgehead atoms. The third-order valence-electron chi connectivity index (χ3n) is 8.80. The molecule has 2 aromatic carbocycles. The third kappa shape index (κ3) is 6.51. The van der Waals surface area contributed by atoms with Gasteiger partial charge in [0.25, 0.3) is 0 Å². The smallest absolute Gasteiger partial charge is 0.234 e. The Bertz CT molecular complexity index is 1570. The zero-order valence-corrected chi connectivity index (χ0v) is 28.0. The van der Waals surface area contributed by atoms with Crippen molar-refractivity contribution in [2.24, 2.45) is 23.7 Å². The van der Waals surface area contributed by atoms with E-state index in [0.717, 1.165) is 27.2 Å². The molecule has 3 aromatic rings. The van der Waals surface area contributed by atoms with E-state index in [1.807, 2.05) is 73.8 Å². The predicted molar refractivity (Wildman–Crippen MR) is 181 cm³/mol. The van der Waals surface area contributed by atoms with Crippen LogP contribution in [-0.4, -0.2) is 51.9 Å². The van der Waals surface area contributed by atoms with Crippen LogP contribution in [0, 0.1) is 27.2 Å². The summed E-state index contributed by atoms with van der Waals surface area (Å²) < 4.78 is 6.03. The molecule has 44 heavy (non-hydrogen) atoms. The molecule has 5 rings (SSSR count). The SMILES string of the molecule is COc1cc(/C=C(/CC[C@@H](O)C2=C(C(C)C)C[C@H]3C(=O)N(Cc4cccs4)C(=O)[C@H]3[C@H]2CO)c2ccccc2)cc(I)c1O. The van der Waals surface area contributed by atoms with E-state index in [4.69, 9.17) is 4.74 Å². The number of thiophene rings is 1. The molecule has 1 saturated heterocycles. The van der Waals surface area contributed by atoms with Gasteiger partial charge in [-0.05, 0) is 93.6 Å². The summed E-state index contributed by atoms with van der Waals surface area (Å²) in [6.07, 6.45) is 2.42. The number of aromatic hydroxyl groups is 1. The molecule has 0 saturated carbocycles. The fraction of sp³-hybridized carbons (Fsp3) is 0.371. The number of carbonyl (C=O) groups is 2. The van der Waals surface area contributed by atoms with Crippen LogP contribution in [0.25, 0.3) is 11.6 Å². The van der Waals surface area contributed by atoms with Crippen molar-refractivity contribution in [2.45, 2.75) is 45.8 Å². The average molecular weight is 728 g/mol. The number of aliphatic hydroxyl groups excluding tert-OH is 2. The first-order valence-corrected chi connectivity index (χ1v) is 16.8. The van der Waals surface area contributed by atoms with Crippen molar-refractivity contribution in [3.05, 3.63) is 90.7 Å². The number of imide groups is 1. The molecule has 2 aliphatic rings. The van der Waals surface area contributed by atoms with Crippen molar-refractivity contribution in [2.75, 3.05) is 13.7 Å². The minimum absolute atomic E-state index is 0.0413. The number of hydrogen-bond acceptors (Lipinski definition) is 7. The molecule has 4 atom stereocenters. The molecule has 0 radical (unpaired) electrons. The lowest BCUT2D eigenvalue weighted by atomic mass is 9.66. The fourth-order valence-corrected chi connectivity index (χ4v) is 7.98. The molecule has 2 amide bonds. The van der Waals surface area contributed by atoms with Crippen molar-refractivity contribution in [1.29, 1.82) is 0 Å². The van der Waals surface area contributed by atoms with Crippen LogP contribution in [-0.2, 0) is 16.1 Å². The maximum absolute atomic E-state index is 13.7. The number of aliphatic hydroxyl groups is 2. The van der Waals surface area contributed by atoms with E-state index in [2.05, 4.69) is 22.6 Å². The monoisotopic (exact) mass is 727 g/mol. The molecular weight excluding hydrogens is 689 g/mol. The van der Waals surface area contributed by atoms with E-state index < -0.39 is 23.9 Å². The number of phenolic OH excluding ortho intramolecular Hbond substituents is 1. The van der Waals surface area contributed by atoms with Gasteiger partial charge in [0.1, 0.15) is 0 Å². The number of phenols is 1. The Balaban J connectivity index is 1.45. The summed E-state index contributed by atoms with van der Waals surface area (Å²) >= 11 is 3.58. The average Bonchev–Trinajstić information content (AvgIpc) is 3.62. The number of hydrogen-bond donors (Lipinski definition) is 3. The maximum atomic E-state index is 13.7. The largest absolute Gasteiger partial charge is 0.504 e. The van der Waals surface area contributed by atoms with Crippen molar-refractivity contribution in [1.82, 2.24) is 4.90 Å². The summed E-state index contributed by atoms with van der Waals surface area (Å²) in [5, 5.41) is 34.7. The van der Waals surface area contributed by atoms with Gasteiger partial charge in [-0.15, -0.1) is 11.3 Å². The van der Waals surface area contributed by atoms with Gasteiger partial charge in [0.05, 0.1) is 41.8 Å². The lowest BCUT2D eigenvalue weighted by Gasteiger charge is -2.38. The highest BCUT2D eigenvalue weighted by atomic mass is 127. The molecule has 0 spiro atoms.